The van der Waals surface area contributed by atoms with Crippen molar-refractivity contribution in [2.24, 2.45) is 0 Å². The van der Waals surface area contributed by atoms with Crippen LogP contribution in [-0.2, 0) is 9.47 Å². The Hall–Kier alpha value is -0.0800. The van der Waals surface area contributed by atoms with Crippen molar-refractivity contribution < 1.29 is 9.47 Å². The van der Waals surface area contributed by atoms with Crippen LogP contribution in [0.3, 0.4) is 0 Å². The van der Waals surface area contributed by atoms with Gasteiger partial charge in [0.2, 0.25) is 0 Å². The van der Waals surface area contributed by atoms with E-state index in [-0.39, 0.29) is 12.2 Å². The normalized spacial score (nSPS) is 13.0. The van der Waals surface area contributed by atoms with Crippen molar-refractivity contribution in [3.8, 4) is 0 Å². The van der Waals surface area contributed by atoms with E-state index in [4.69, 9.17) is 9.47 Å². The zero-order valence-electron chi connectivity index (χ0n) is 8.89. The van der Waals surface area contributed by atoms with Crippen molar-refractivity contribution >= 4 is 0 Å². The number of rotatable bonds is 5. The Bertz CT molecular complexity index is 109. The second kappa shape index (κ2) is 4.83. The van der Waals surface area contributed by atoms with Crippen LogP contribution in [0.4, 0.5) is 0 Å². The van der Waals surface area contributed by atoms with Crippen molar-refractivity contribution in [2.75, 3.05) is 0 Å². The highest BCUT2D eigenvalue weighted by atomic mass is 16.7. The third-order valence-corrected chi connectivity index (χ3v) is 1.42. The van der Waals surface area contributed by atoms with E-state index in [2.05, 4.69) is 6.92 Å². The third-order valence-electron chi connectivity index (χ3n) is 1.42. The lowest BCUT2D eigenvalue weighted by atomic mass is 10.2. The van der Waals surface area contributed by atoms with Crippen LogP contribution in [0.25, 0.3) is 0 Å². The molecule has 2 heteroatoms. The predicted molar refractivity (Wildman–Crippen MR) is 50.8 cm³/mol. The maximum atomic E-state index is 5.61. The molecular weight excluding hydrogens is 152 g/mol. The van der Waals surface area contributed by atoms with Gasteiger partial charge in [0, 0.05) is 6.42 Å². The first-order valence-corrected chi connectivity index (χ1v) is 4.54. The average Bonchev–Trinajstić information content (AvgIpc) is 1.83. The van der Waals surface area contributed by atoms with Crippen LogP contribution < -0.4 is 0 Å². The minimum Gasteiger partial charge on any atom is -0.348 e. The van der Waals surface area contributed by atoms with Crippen molar-refractivity contribution in [3.05, 3.63) is 6.92 Å². The van der Waals surface area contributed by atoms with Crippen molar-refractivity contribution in [1.29, 1.82) is 0 Å². The van der Waals surface area contributed by atoms with Crippen LogP contribution >= 0.6 is 0 Å². The second-order valence-corrected chi connectivity index (χ2v) is 3.72. The van der Waals surface area contributed by atoms with Gasteiger partial charge in [0.15, 0.2) is 5.79 Å². The Balaban J connectivity index is 4.04. The van der Waals surface area contributed by atoms with Gasteiger partial charge in [-0.25, -0.2) is 0 Å². The summed E-state index contributed by atoms with van der Waals surface area (Å²) in [6.07, 6.45) is 0.981. The summed E-state index contributed by atoms with van der Waals surface area (Å²) >= 11 is 0. The number of hydrogen-bond acceptors (Lipinski definition) is 2. The summed E-state index contributed by atoms with van der Waals surface area (Å²) in [4.78, 5) is 0. The highest BCUT2D eigenvalue weighted by Crippen LogP contribution is 2.20. The predicted octanol–water partition coefficient (Wildman–Crippen LogP) is 2.78. The molecule has 0 aliphatic rings. The summed E-state index contributed by atoms with van der Waals surface area (Å²) in [5, 5.41) is 0. The molecule has 0 fully saturated rings. The lowest BCUT2D eigenvalue weighted by Crippen LogP contribution is -2.36. The Morgan fingerprint density at radius 3 is 1.58 bits per heavy atom. The summed E-state index contributed by atoms with van der Waals surface area (Å²) < 4.78 is 11.2. The molecule has 1 radical (unpaired) electrons. The molecule has 12 heavy (non-hydrogen) atoms. The highest BCUT2D eigenvalue weighted by Gasteiger charge is 2.25. The van der Waals surface area contributed by atoms with Crippen molar-refractivity contribution in [2.45, 2.75) is 59.0 Å². The summed E-state index contributed by atoms with van der Waals surface area (Å²) in [6, 6.07) is 0. The van der Waals surface area contributed by atoms with E-state index in [9.17, 15) is 0 Å². The fourth-order valence-corrected chi connectivity index (χ4v) is 1.14. The molecule has 0 bridgehead atoms. The molecular formula is C10H21O2. The van der Waals surface area contributed by atoms with Crippen LogP contribution in [0.5, 0.6) is 0 Å². The Labute approximate surface area is 76.3 Å². The first-order chi connectivity index (χ1) is 5.39. The monoisotopic (exact) mass is 173 g/mol. The van der Waals surface area contributed by atoms with Gasteiger partial charge in [-0.2, -0.15) is 0 Å². The summed E-state index contributed by atoms with van der Waals surface area (Å²) in [5.41, 5.74) is 0. The lowest BCUT2D eigenvalue weighted by Gasteiger charge is -2.32. The minimum atomic E-state index is -0.525. The van der Waals surface area contributed by atoms with Gasteiger partial charge in [-0.15, -0.1) is 0 Å². The molecule has 0 aromatic rings. The molecule has 0 rings (SSSR count). The Kier molecular flexibility index (Phi) is 4.80. The van der Waals surface area contributed by atoms with Gasteiger partial charge in [-0.1, -0.05) is 0 Å². The fourth-order valence-electron chi connectivity index (χ4n) is 1.14. The van der Waals surface area contributed by atoms with Gasteiger partial charge < -0.3 is 9.47 Å². The summed E-state index contributed by atoms with van der Waals surface area (Å²) in [7, 11) is 0. The third kappa shape index (κ3) is 4.73. The molecule has 0 aromatic heterocycles. The Morgan fingerprint density at radius 1 is 1.08 bits per heavy atom. The molecule has 0 unspecified atom stereocenters. The zero-order chi connectivity index (χ0) is 9.78. The SMILES string of the molecule is [CH2]CC(C)(OC(C)C)OC(C)C. The molecule has 73 valence electrons. The van der Waals surface area contributed by atoms with Crippen molar-refractivity contribution in [1.82, 2.24) is 0 Å². The molecule has 2 nitrogen and oxygen atoms in total. The van der Waals surface area contributed by atoms with E-state index in [1.165, 1.54) is 0 Å². The van der Waals surface area contributed by atoms with Gasteiger partial charge >= 0.3 is 0 Å². The molecule has 0 aliphatic carbocycles. The molecule has 0 saturated heterocycles. The molecule has 0 N–H and O–H groups in total. The maximum absolute atomic E-state index is 5.61. The van der Waals surface area contributed by atoms with Gasteiger partial charge in [-0.3, -0.25) is 0 Å². The summed E-state index contributed by atoms with van der Waals surface area (Å²) in [5.74, 6) is -0.525. The van der Waals surface area contributed by atoms with Crippen LogP contribution in [0.15, 0.2) is 0 Å². The van der Waals surface area contributed by atoms with Crippen LogP contribution in [0.1, 0.15) is 41.0 Å². The van der Waals surface area contributed by atoms with Gasteiger partial charge in [0.25, 0.3) is 0 Å². The second-order valence-electron chi connectivity index (χ2n) is 3.72. The number of hydrogen-bond donors (Lipinski definition) is 0. The topological polar surface area (TPSA) is 18.5 Å². The fraction of sp³-hybridized carbons (Fsp3) is 0.900. The van der Waals surface area contributed by atoms with E-state index >= 15 is 0 Å². The molecule has 0 aromatic carbocycles. The van der Waals surface area contributed by atoms with E-state index in [1.807, 2.05) is 34.6 Å². The quantitative estimate of drug-likeness (QED) is 0.595. The van der Waals surface area contributed by atoms with E-state index in [1.54, 1.807) is 0 Å². The van der Waals surface area contributed by atoms with Gasteiger partial charge in [-0.05, 0) is 41.5 Å². The molecule has 0 spiro atoms. The van der Waals surface area contributed by atoms with E-state index in [0.717, 1.165) is 0 Å². The first-order valence-electron chi connectivity index (χ1n) is 4.54. The Morgan fingerprint density at radius 2 is 1.42 bits per heavy atom. The molecule has 0 saturated carbocycles. The molecule has 0 heterocycles. The minimum absolute atomic E-state index is 0.176. The average molecular weight is 173 g/mol. The first kappa shape index (κ1) is 11.9. The molecule has 0 amide bonds. The standard InChI is InChI=1S/C10H21O2/c1-7-10(6,11-8(2)3)12-9(4)5/h8-9H,1,7H2,2-6H3. The van der Waals surface area contributed by atoms with E-state index < -0.39 is 5.79 Å². The summed E-state index contributed by atoms with van der Waals surface area (Å²) in [6.45, 7) is 13.7. The maximum Gasteiger partial charge on any atom is 0.166 e. The highest BCUT2D eigenvalue weighted by molar-refractivity contribution is 4.67. The molecule has 0 aliphatic heterocycles. The van der Waals surface area contributed by atoms with E-state index in [0.29, 0.717) is 6.42 Å². The smallest absolute Gasteiger partial charge is 0.166 e. The van der Waals surface area contributed by atoms with Gasteiger partial charge in [0.1, 0.15) is 0 Å². The number of ether oxygens (including phenoxy) is 2. The lowest BCUT2D eigenvalue weighted by molar-refractivity contribution is -0.255. The van der Waals surface area contributed by atoms with Crippen LogP contribution in [0.2, 0.25) is 0 Å². The molecule has 0 atom stereocenters. The van der Waals surface area contributed by atoms with Gasteiger partial charge in [0.05, 0.1) is 12.2 Å². The largest absolute Gasteiger partial charge is 0.348 e. The van der Waals surface area contributed by atoms with Crippen LogP contribution in [-0.4, -0.2) is 18.0 Å². The zero-order valence-corrected chi connectivity index (χ0v) is 8.89. The van der Waals surface area contributed by atoms with Crippen LogP contribution in [0, 0.1) is 6.92 Å². The van der Waals surface area contributed by atoms with Crippen molar-refractivity contribution in [3.63, 3.8) is 0 Å².